The van der Waals surface area contributed by atoms with Gasteiger partial charge in [0.25, 0.3) is 11.1 Å². The molecule has 0 saturated heterocycles. The summed E-state index contributed by atoms with van der Waals surface area (Å²) in [4.78, 5) is 17.3. The number of oxazole rings is 1. The van der Waals surface area contributed by atoms with Gasteiger partial charge in [-0.05, 0) is 42.3 Å². The van der Waals surface area contributed by atoms with Crippen molar-refractivity contribution in [3.63, 3.8) is 0 Å². The molecule has 27 heavy (non-hydrogen) atoms. The molecule has 5 heteroatoms. The lowest BCUT2D eigenvalue weighted by atomic mass is 10.1. The van der Waals surface area contributed by atoms with E-state index in [2.05, 4.69) is 10.3 Å². The predicted molar refractivity (Wildman–Crippen MR) is 109 cm³/mol. The number of aryl methyl sites for hydroxylation is 1. The van der Waals surface area contributed by atoms with E-state index in [0.29, 0.717) is 16.5 Å². The van der Waals surface area contributed by atoms with Crippen molar-refractivity contribution in [2.75, 3.05) is 5.32 Å². The Morgan fingerprint density at radius 1 is 1.00 bits per heavy atom. The molecule has 134 valence electrons. The lowest BCUT2D eigenvalue weighted by molar-refractivity contribution is 0.102. The normalized spacial score (nSPS) is 10.9. The van der Waals surface area contributed by atoms with Gasteiger partial charge in [-0.3, -0.25) is 4.79 Å². The van der Waals surface area contributed by atoms with Crippen LogP contribution >= 0.6 is 11.8 Å². The molecule has 1 aromatic heterocycles. The van der Waals surface area contributed by atoms with Gasteiger partial charge in [0.05, 0.1) is 0 Å². The summed E-state index contributed by atoms with van der Waals surface area (Å²) in [5.74, 6) is 0.488. The number of rotatable bonds is 5. The summed E-state index contributed by atoms with van der Waals surface area (Å²) in [5, 5.41) is 3.60. The lowest BCUT2D eigenvalue weighted by Gasteiger charge is -2.11. The van der Waals surface area contributed by atoms with Crippen LogP contribution in [-0.4, -0.2) is 10.9 Å². The van der Waals surface area contributed by atoms with Gasteiger partial charge in [0, 0.05) is 17.0 Å². The van der Waals surface area contributed by atoms with E-state index in [-0.39, 0.29) is 5.91 Å². The van der Waals surface area contributed by atoms with E-state index in [1.165, 1.54) is 11.8 Å². The fraction of sp³-hybridized carbons (Fsp3) is 0.0909. The SMILES string of the molecule is Cc1ccccc1NC(=O)c1ccccc1CSc1nc2ccccc2o1. The second kappa shape index (κ2) is 7.68. The second-order valence-corrected chi connectivity index (χ2v) is 7.09. The maximum Gasteiger partial charge on any atom is 0.257 e. The zero-order valence-electron chi connectivity index (χ0n) is 14.8. The molecule has 0 aliphatic carbocycles. The molecule has 0 bridgehead atoms. The van der Waals surface area contributed by atoms with Crippen LogP contribution in [0.25, 0.3) is 11.1 Å². The number of anilines is 1. The van der Waals surface area contributed by atoms with E-state index in [1.54, 1.807) is 0 Å². The zero-order chi connectivity index (χ0) is 18.6. The van der Waals surface area contributed by atoms with Crippen molar-refractivity contribution in [1.29, 1.82) is 0 Å². The third-order valence-electron chi connectivity index (χ3n) is 4.28. The first-order valence-corrected chi connectivity index (χ1v) is 9.62. The van der Waals surface area contributed by atoms with Gasteiger partial charge in [0.15, 0.2) is 5.58 Å². The highest BCUT2D eigenvalue weighted by molar-refractivity contribution is 7.98. The monoisotopic (exact) mass is 374 g/mol. The molecule has 0 aliphatic rings. The standard InChI is InChI=1S/C22H18N2O2S/c1-15-8-2-5-11-18(15)23-21(25)17-10-4-3-9-16(17)14-27-22-24-19-12-6-7-13-20(19)26-22/h2-13H,14H2,1H3,(H,23,25). The number of aromatic nitrogens is 1. The minimum atomic E-state index is -0.113. The third kappa shape index (κ3) is 3.88. The van der Waals surface area contributed by atoms with Gasteiger partial charge in [-0.15, -0.1) is 0 Å². The van der Waals surface area contributed by atoms with Gasteiger partial charge in [-0.25, -0.2) is 4.98 Å². The lowest BCUT2D eigenvalue weighted by Crippen LogP contribution is -2.14. The van der Waals surface area contributed by atoms with Gasteiger partial charge in [0.1, 0.15) is 5.52 Å². The Kier molecular flexibility index (Phi) is 4.94. The smallest absolute Gasteiger partial charge is 0.257 e. The molecule has 0 spiro atoms. The summed E-state index contributed by atoms with van der Waals surface area (Å²) < 4.78 is 5.75. The number of carbonyl (C=O) groups is 1. The molecule has 0 unspecified atom stereocenters. The van der Waals surface area contributed by atoms with E-state index in [9.17, 15) is 4.79 Å². The Morgan fingerprint density at radius 2 is 1.74 bits per heavy atom. The topological polar surface area (TPSA) is 55.1 Å². The van der Waals surface area contributed by atoms with Crippen molar-refractivity contribution < 1.29 is 9.21 Å². The number of hydrogen-bond donors (Lipinski definition) is 1. The minimum absolute atomic E-state index is 0.113. The first kappa shape index (κ1) is 17.4. The number of nitrogens with zero attached hydrogens (tertiary/aromatic N) is 1. The fourth-order valence-electron chi connectivity index (χ4n) is 2.82. The summed E-state index contributed by atoms with van der Waals surface area (Å²) >= 11 is 1.48. The Labute approximate surface area is 161 Å². The molecule has 1 heterocycles. The third-order valence-corrected chi connectivity index (χ3v) is 5.16. The fourth-order valence-corrected chi connectivity index (χ4v) is 3.67. The van der Waals surface area contributed by atoms with E-state index in [0.717, 1.165) is 27.9 Å². The number of benzene rings is 3. The number of hydrogen-bond acceptors (Lipinski definition) is 4. The molecule has 4 nitrogen and oxygen atoms in total. The quantitative estimate of drug-likeness (QED) is 0.457. The Bertz CT molecular complexity index is 1070. The highest BCUT2D eigenvalue weighted by Gasteiger charge is 2.14. The molecule has 4 aromatic rings. The van der Waals surface area contributed by atoms with Gasteiger partial charge in [-0.2, -0.15) is 0 Å². The average molecular weight is 374 g/mol. The summed E-state index contributed by atoms with van der Waals surface area (Å²) in [6.45, 7) is 1.98. The first-order valence-electron chi connectivity index (χ1n) is 8.64. The Hall–Kier alpha value is -3.05. The van der Waals surface area contributed by atoms with Crippen LogP contribution in [0.3, 0.4) is 0 Å². The van der Waals surface area contributed by atoms with Crippen molar-refractivity contribution >= 4 is 34.5 Å². The van der Waals surface area contributed by atoms with Crippen LogP contribution in [0.15, 0.2) is 82.4 Å². The van der Waals surface area contributed by atoms with Gasteiger partial charge in [0.2, 0.25) is 0 Å². The number of fused-ring (bicyclic) bond motifs is 1. The Morgan fingerprint density at radius 3 is 2.59 bits per heavy atom. The van der Waals surface area contributed by atoms with Crippen molar-refractivity contribution in [1.82, 2.24) is 4.98 Å². The number of amides is 1. The van der Waals surface area contributed by atoms with Crippen LogP contribution in [0.1, 0.15) is 21.5 Å². The highest BCUT2D eigenvalue weighted by atomic mass is 32.2. The van der Waals surface area contributed by atoms with Crippen LogP contribution in [-0.2, 0) is 5.75 Å². The molecule has 1 N–H and O–H groups in total. The van der Waals surface area contributed by atoms with Crippen molar-refractivity contribution in [3.8, 4) is 0 Å². The van der Waals surface area contributed by atoms with Crippen molar-refractivity contribution in [3.05, 3.63) is 89.5 Å². The van der Waals surface area contributed by atoms with Gasteiger partial charge < -0.3 is 9.73 Å². The average Bonchev–Trinajstić information content (AvgIpc) is 3.11. The molecule has 0 saturated carbocycles. The largest absolute Gasteiger partial charge is 0.431 e. The summed E-state index contributed by atoms with van der Waals surface area (Å²) in [6.07, 6.45) is 0. The molecule has 0 fully saturated rings. The molecule has 0 radical (unpaired) electrons. The molecule has 3 aromatic carbocycles. The summed E-state index contributed by atoms with van der Waals surface area (Å²) in [5.41, 5.74) is 5.06. The maximum atomic E-state index is 12.8. The number of para-hydroxylation sites is 3. The molecule has 0 atom stereocenters. The predicted octanol–water partition coefficient (Wildman–Crippen LogP) is 5.68. The molecule has 1 amide bonds. The van der Waals surface area contributed by atoms with E-state index >= 15 is 0 Å². The van der Waals surface area contributed by atoms with Crippen LogP contribution < -0.4 is 5.32 Å². The van der Waals surface area contributed by atoms with Gasteiger partial charge >= 0.3 is 0 Å². The number of thioether (sulfide) groups is 1. The second-order valence-electron chi connectivity index (χ2n) is 6.16. The van der Waals surface area contributed by atoms with Crippen molar-refractivity contribution in [2.24, 2.45) is 0 Å². The first-order chi connectivity index (χ1) is 13.2. The van der Waals surface area contributed by atoms with Crippen LogP contribution in [0, 0.1) is 6.92 Å². The summed E-state index contributed by atoms with van der Waals surface area (Å²) in [7, 11) is 0. The van der Waals surface area contributed by atoms with Crippen molar-refractivity contribution in [2.45, 2.75) is 17.9 Å². The summed E-state index contributed by atoms with van der Waals surface area (Å²) in [6, 6.07) is 23.0. The molecule has 4 rings (SSSR count). The highest BCUT2D eigenvalue weighted by Crippen LogP contribution is 2.27. The van der Waals surface area contributed by atoms with Crippen LogP contribution in [0.2, 0.25) is 0 Å². The number of carbonyl (C=O) groups excluding carboxylic acids is 1. The number of nitrogens with one attached hydrogen (secondary N) is 1. The van der Waals surface area contributed by atoms with E-state index in [4.69, 9.17) is 4.42 Å². The van der Waals surface area contributed by atoms with Crippen LogP contribution in [0.4, 0.5) is 5.69 Å². The minimum Gasteiger partial charge on any atom is -0.431 e. The maximum absolute atomic E-state index is 12.8. The molecule has 0 aliphatic heterocycles. The van der Waals surface area contributed by atoms with E-state index in [1.807, 2.05) is 79.7 Å². The zero-order valence-corrected chi connectivity index (χ0v) is 15.6. The molecular formula is C22H18N2O2S. The Balaban J connectivity index is 1.52. The van der Waals surface area contributed by atoms with Crippen LogP contribution in [0.5, 0.6) is 0 Å². The van der Waals surface area contributed by atoms with Gasteiger partial charge in [-0.1, -0.05) is 60.3 Å². The molecular weight excluding hydrogens is 356 g/mol. The van der Waals surface area contributed by atoms with E-state index < -0.39 is 0 Å².